The molecule has 11 heteroatoms. The number of rotatable bonds is 8. The molecule has 0 aliphatic rings. The molecule has 8 nitrogen and oxygen atoms in total. The number of aryl methyl sites for hydroxylation is 1. The van der Waals surface area contributed by atoms with Gasteiger partial charge in [0.2, 0.25) is 10.0 Å². The Hall–Kier alpha value is -3.01. The topological polar surface area (TPSA) is 93.0 Å². The Labute approximate surface area is 208 Å². The van der Waals surface area contributed by atoms with Crippen LogP contribution in [0.5, 0.6) is 5.75 Å². The van der Waals surface area contributed by atoms with Crippen LogP contribution in [0.4, 0.5) is 5.69 Å². The number of sulfonamides is 1. The summed E-state index contributed by atoms with van der Waals surface area (Å²) in [6, 6.07) is 13.6. The van der Waals surface area contributed by atoms with Crippen LogP contribution >= 0.6 is 23.2 Å². The van der Waals surface area contributed by atoms with Gasteiger partial charge in [0.05, 0.1) is 25.3 Å². The van der Waals surface area contributed by atoms with Crippen LogP contribution in [0.15, 0.2) is 53.6 Å². The zero-order valence-electron chi connectivity index (χ0n) is 19.0. The number of ether oxygens (including phenoxy) is 1. The number of carbonyl (C=O) groups is 1. The van der Waals surface area contributed by atoms with E-state index in [1.54, 1.807) is 36.4 Å². The minimum absolute atomic E-state index is 0.310. The molecule has 0 aliphatic carbocycles. The Bertz CT molecular complexity index is 1330. The zero-order chi connectivity index (χ0) is 25.0. The number of carbonyl (C=O) groups excluding carboxylic acids is 1. The summed E-state index contributed by atoms with van der Waals surface area (Å²) in [5.41, 5.74) is 6.05. The van der Waals surface area contributed by atoms with Crippen molar-refractivity contribution < 1.29 is 17.9 Å². The number of benzene rings is 2. The fourth-order valence-electron chi connectivity index (χ4n) is 3.49. The van der Waals surface area contributed by atoms with E-state index in [4.69, 9.17) is 27.9 Å². The molecule has 34 heavy (non-hydrogen) atoms. The Kier molecular flexibility index (Phi) is 7.91. The van der Waals surface area contributed by atoms with Crippen molar-refractivity contribution >= 4 is 51.0 Å². The lowest BCUT2D eigenvalue weighted by Crippen LogP contribution is -2.39. The quantitative estimate of drug-likeness (QED) is 0.352. The number of methoxy groups -OCH3 is 1. The minimum Gasteiger partial charge on any atom is -0.497 e. The molecule has 1 heterocycles. The van der Waals surface area contributed by atoms with Crippen molar-refractivity contribution in [3.8, 4) is 11.4 Å². The third-order valence-electron chi connectivity index (χ3n) is 5.00. The van der Waals surface area contributed by atoms with Crippen molar-refractivity contribution in [2.45, 2.75) is 13.8 Å². The Morgan fingerprint density at radius 3 is 2.44 bits per heavy atom. The van der Waals surface area contributed by atoms with Crippen LogP contribution in [0.1, 0.15) is 17.0 Å². The van der Waals surface area contributed by atoms with E-state index in [1.165, 1.54) is 19.4 Å². The van der Waals surface area contributed by atoms with Gasteiger partial charge in [-0.3, -0.25) is 9.10 Å². The molecule has 0 fully saturated rings. The average Bonchev–Trinajstić information content (AvgIpc) is 3.03. The first-order valence-corrected chi connectivity index (χ1v) is 12.7. The molecule has 0 unspecified atom stereocenters. The van der Waals surface area contributed by atoms with Crippen LogP contribution in [0.25, 0.3) is 5.69 Å². The highest BCUT2D eigenvalue weighted by molar-refractivity contribution is 7.92. The highest BCUT2D eigenvalue weighted by atomic mass is 35.5. The van der Waals surface area contributed by atoms with Crippen LogP contribution in [-0.4, -0.2) is 45.0 Å². The minimum atomic E-state index is -3.72. The van der Waals surface area contributed by atoms with Crippen LogP contribution in [0, 0.1) is 13.8 Å². The molecule has 180 valence electrons. The number of aromatic nitrogens is 1. The maximum atomic E-state index is 12.5. The molecule has 0 spiro atoms. The summed E-state index contributed by atoms with van der Waals surface area (Å²) in [6.45, 7) is 3.39. The molecule has 0 atom stereocenters. The van der Waals surface area contributed by atoms with Gasteiger partial charge in [-0.1, -0.05) is 29.3 Å². The summed E-state index contributed by atoms with van der Waals surface area (Å²) in [6.07, 6.45) is 2.53. The number of hydrogen-bond acceptors (Lipinski definition) is 5. The zero-order valence-corrected chi connectivity index (χ0v) is 21.4. The summed E-state index contributed by atoms with van der Waals surface area (Å²) >= 11 is 12.3. The summed E-state index contributed by atoms with van der Waals surface area (Å²) in [5, 5.41) is 5.05. The first-order valence-electron chi connectivity index (χ1n) is 10.1. The van der Waals surface area contributed by atoms with Crippen LogP contribution in [0.3, 0.4) is 0 Å². The van der Waals surface area contributed by atoms with Crippen LogP contribution in [0.2, 0.25) is 10.0 Å². The molecule has 1 aromatic heterocycles. The van der Waals surface area contributed by atoms with E-state index in [9.17, 15) is 13.2 Å². The van der Waals surface area contributed by atoms with E-state index in [1.807, 2.05) is 24.5 Å². The normalized spacial score (nSPS) is 11.6. The maximum absolute atomic E-state index is 12.5. The van der Waals surface area contributed by atoms with E-state index in [0.29, 0.717) is 21.5 Å². The highest BCUT2D eigenvalue weighted by Crippen LogP contribution is 2.26. The van der Waals surface area contributed by atoms with Gasteiger partial charge in [0.1, 0.15) is 12.3 Å². The van der Waals surface area contributed by atoms with Gasteiger partial charge in [-0.15, -0.1) is 0 Å². The molecular formula is C23H24Cl2N4O4S. The Morgan fingerprint density at radius 1 is 1.15 bits per heavy atom. The van der Waals surface area contributed by atoms with Crippen molar-refractivity contribution in [2.24, 2.45) is 5.10 Å². The number of hydrogen-bond donors (Lipinski definition) is 1. The number of hydrazone groups is 1. The first kappa shape index (κ1) is 25.6. The molecule has 0 saturated heterocycles. The molecular weight excluding hydrogens is 499 g/mol. The predicted molar refractivity (Wildman–Crippen MR) is 136 cm³/mol. The molecule has 1 amide bonds. The Morgan fingerprint density at radius 2 is 1.82 bits per heavy atom. The second-order valence-electron chi connectivity index (χ2n) is 7.55. The van der Waals surface area contributed by atoms with Crippen molar-refractivity contribution in [1.82, 2.24) is 9.99 Å². The maximum Gasteiger partial charge on any atom is 0.260 e. The van der Waals surface area contributed by atoms with Crippen LogP contribution in [-0.2, 0) is 14.8 Å². The summed E-state index contributed by atoms with van der Waals surface area (Å²) in [5.74, 6) is -0.124. The van der Waals surface area contributed by atoms with Gasteiger partial charge in [0, 0.05) is 38.8 Å². The van der Waals surface area contributed by atoms with Gasteiger partial charge in [-0.2, -0.15) is 5.10 Å². The van der Waals surface area contributed by atoms with Crippen LogP contribution < -0.4 is 14.5 Å². The Balaban J connectivity index is 1.76. The fourth-order valence-corrected chi connectivity index (χ4v) is 4.85. The first-order chi connectivity index (χ1) is 16.0. The molecule has 0 radical (unpaired) electrons. The van der Waals surface area contributed by atoms with Gasteiger partial charge in [0.15, 0.2) is 0 Å². The molecule has 3 aromatic rings. The average molecular weight is 523 g/mol. The highest BCUT2D eigenvalue weighted by Gasteiger charge is 2.21. The van der Waals surface area contributed by atoms with E-state index in [0.717, 1.165) is 33.2 Å². The molecule has 1 N–H and O–H groups in total. The number of halogens is 2. The monoisotopic (exact) mass is 522 g/mol. The molecule has 0 saturated carbocycles. The lowest BCUT2D eigenvalue weighted by atomic mass is 10.2. The standard InChI is InChI=1S/C23H24Cl2N4O4S/c1-15-8-17(16(2)29(15)21-10-18(24)9-19(25)11-21)13-26-27-23(30)14-28(34(4,31)32)20-6-5-7-22(12-20)33-3/h5-13H,14H2,1-4H3,(H,27,30)/b26-13-. The van der Waals surface area contributed by atoms with Gasteiger partial charge in [-0.05, 0) is 50.2 Å². The van der Waals surface area contributed by atoms with E-state index in [-0.39, 0.29) is 0 Å². The van der Waals surface area contributed by atoms with E-state index < -0.39 is 22.5 Å². The number of amides is 1. The second kappa shape index (κ2) is 10.5. The number of nitrogens with zero attached hydrogens (tertiary/aromatic N) is 3. The van der Waals surface area contributed by atoms with Crippen molar-refractivity contribution in [3.63, 3.8) is 0 Å². The second-order valence-corrected chi connectivity index (χ2v) is 10.3. The summed E-state index contributed by atoms with van der Waals surface area (Å²) in [7, 11) is -2.25. The van der Waals surface area contributed by atoms with Gasteiger partial charge in [-0.25, -0.2) is 13.8 Å². The fraction of sp³-hybridized carbons (Fsp3) is 0.217. The number of nitrogens with one attached hydrogen (secondary N) is 1. The third kappa shape index (κ3) is 6.11. The van der Waals surface area contributed by atoms with E-state index >= 15 is 0 Å². The largest absolute Gasteiger partial charge is 0.497 e. The van der Waals surface area contributed by atoms with E-state index in [2.05, 4.69) is 10.5 Å². The molecule has 3 rings (SSSR count). The SMILES string of the molecule is COc1cccc(N(CC(=O)N/N=C\c2cc(C)n(-c3cc(Cl)cc(Cl)c3)c2C)S(C)(=O)=O)c1. The predicted octanol–water partition coefficient (Wildman–Crippen LogP) is 4.33. The number of anilines is 1. The smallest absolute Gasteiger partial charge is 0.260 e. The summed E-state index contributed by atoms with van der Waals surface area (Å²) < 4.78 is 32.6. The van der Waals surface area contributed by atoms with Gasteiger partial charge in [0.25, 0.3) is 5.91 Å². The lowest BCUT2D eigenvalue weighted by molar-refractivity contribution is -0.119. The summed E-state index contributed by atoms with van der Waals surface area (Å²) in [4.78, 5) is 12.5. The molecule has 0 bridgehead atoms. The lowest BCUT2D eigenvalue weighted by Gasteiger charge is -2.21. The van der Waals surface area contributed by atoms with Gasteiger partial charge < -0.3 is 9.30 Å². The van der Waals surface area contributed by atoms with Crippen molar-refractivity contribution in [2.75, 3.05) is 24.2 Å². The third-order valence-corrected chi connectivity index (χ3v) is 6.57. The molecule has 0 aliphatic heterocycles. The van der Waals surface area contributed by atoms with Gasteiger partial charge >= 0.3 is 0 Å². The van der Waals surface area contributed by atoms with Crippen molar-refractivity contribution in [3.05, 3.63) is 75.5 Å². The van der Waals surface area contributed by atoms with Crippen molar-refractivity contribution in [1.29, 1.82) is 0 Å². The molecule has 2 aromatic carbocycles.